The zero-order chi connectivity index (χ0) is 13.9. The molecule has 20 heavy (non-hydrogen) atoms. The number of ketones is 1. The fourth-order valence-electron chi connectivity index (χ4n) is 2.36. The highest BCUT2D eigenvalue weighted by Gasteiger charge is 2.19. The van der Waals surface area contributed by atoms with E-state index in [1.807, 2.05) is 54.9 Å². The van der Waals surface area contributed by atoms with Gasteiger partial charge in [0.25, 0.3) is 0 Å². The highest BCUT2D eigenvalue weighted by Crippen LogP contribution is 2.31. The molecule has 0 atom stereocenters. The lowest BCUT2D eigenvalue weighted by molar-refractivity contribution is 0.100. The van der Waals surface area contributed by atoms with Gasteiger partial charge >= 0.3 is 0 Å². The minimum atomic E-state index is -0.0743. The number of nitrogens with two attached hydrogens (primary N) is 1. The molecule has 0 saturated heterocycles. The van der Waals surface area contributed by atoms with E-state index in [1.165, 1.54) is 0 Å². The second-order valence-electron chi connectivity index (χ2n) is 4.53. The number of aromatic amines is 2. The Labute approximate surface area is 116 Å². The normalized spacial score (nSPS) is 10.7. The van der Waals surface area contributed by atoms with Gasteiger partial charge in [0.1, 0.15) is 0 Å². The van der Waals surface area contributed by atoms with Crippen molar-refractivity contribution in [3.63, 3.8) is 0 Å². The van der Waals surface area contributed by atoms with Crippen LogP contribution in [0.15, 0.2) is 54.9 Å². The lowest BCUT2D eigenvalue weighted by Gasteiger charge is -2.05. The molecule has 2 aromatic heterocycles. The minimum absolute atomic E-state index is 0.00854. The summed E-state index contributed by atoms with van der Waals surface area (Å²) < 4.78 is 0. The summed E-state index contributed by atoms with van der Waals surface area (Å²) in [5.74, 6) is -0.0743. The average molecular weight is 265 g/mol. The van der Waals surface area contributed by atoms with Gasteiger partial charge < -0.3 is 15.7 Å². The highest BCUT2D eigenvalue weighted by atomic mass is 16.1. The van der Waals surface area contributed by atoms with Gasteiger partial charge in [0, 0.05) is 18.0 Å². The van der Waals surface area contributed by atoms with Crippen LogP contribution >= 0.6 is 0 Å². The number of benzene rings is 1. The van der Waals surface area contributed by atoms with Crippen LogP contribution in [0.3, 0.4) is 0 Å². The number of aromatic nitrogens is 2. The van der Waals surface area contributed by atoms with Gasteiger partial charge in [0.05, 0.1) is 23.5 Å². The van der Waals surface area contributed by atoms with Gasteiger partial charge in [-0.2, -0.15) is 0 Å². The molecule has 0 fully saturated rings. The number of hydrogen-bond acceptors (Lipinski definition) is 2. The molecule has 0 unspecified atom stereocenters. The summed E-state index contributed by atoms with van der Waals surface area (Å²) in [5, 5.41) is 0. The van der Waals surface area contributed by atoms with E-state index in [1.54, 1.807) is 0 Å². The van der Waals surface area contributed by atoms with Crippen LogP contribution in [0.5, 0.6) is 0 Å². The Morgan fingerprint density at radius 1 is 1.05 bits per heavy atom. The lowest BCUT2D eigenvalue weighted by Crippen LogP contribution is -2.14. The SMILES string of the molecule is NCC(=O)c1c(-c2ccccc2)c[nH]c1-c1ccc[nH]1. The predicted octanol–water partition coefficient (Wildman–Crippen LogP) is 2.82. The van der Waals surface area contributed by atoms with Crippen molar-refractivity contribution in [2.45, 2.75) is 0 Å². The molecule has 3 rings (SSSR count). The van der Waals surface area contributed by atoms with Gasteiger partial charge in [0.15, 0.2) is 5.78 Å². The van der Waals surface area contributed by atoms with Gasteiger partial charge in [-0.25, -0.2) is 0 Å². The molecule has 0 spiro atoms. The first kappa shape index (κ1) is 12.4. The maximum atomic E-state index is 12.2. The van der Waals surface area contributed by atoms with Gasteiger partial charge in [0.2, 0.25) is 0 Å². The minimum Gasteiger partial charge on any atom is -0.360 e. The van der Waals surface area contributed by atoms with E-state index in [2.05, 4.69) is 9.97 Å². The van der Waals surface area contributed by atoms with E-state index in [4.69, 9.17) is 5.73 Å². The van der Waals surface area contributed by atoms with Gasteiger partial charge in [-0.15, -0.1) is 0 Å². The molecule has 0 aliphatic heterocycles. The number of carbonyl (C=O) groups excluding carboxylic acids is 1. The van der Waals surface area contributed by atoms with E-state index in [9.17, 15) is 4.79 Å². The van der Waals surface area contributed by atoms with Crippen molar-refractivity contribution < 1.29 is 4.79 Å². The monoisotopic (exact) mass is 265 g/mol. The lowest BCUT2D eigenvalue weighted by atomic mass is 9.99. The molecule has 0 amide bonds. The first-order valence-corrected chi connectivity index (χ1v) is 6.45. The van der Waals surface area contributed by atoms with Crippen molar-refractivity contribution in [2.75, 3.05) is 6.54 Å². The van der Waals surface area contributed by atoms with Crippen molar-refractivity contribution in [3.05, 3.63) is 60.4 Å². The van der Waals surface area contributed by atoms with Crippen LogP contribution in [0.4, 0.5) is 0 Å². The van der Waals surface area contributed by atoms with E-state index in [0.29, 0.717) is 5.56 Å². The number of H-pyrrole nitrogens is 2. The van der Waals surface area contributed by atoms with Gasteiger partial charge in [-0.3, -0.25) is 4.79 Å². The zero-order valence-electron chi connectivity index (χ0n) is 10.9. The molecule has 1 aromatic carbocycles. The van der Waals surface area contributed by atoms with Crippen LogP contribution < -0.4 is 5.73 Å². The summed E-state index contributed by atoms with van der Waals surface area (Å²) in [4.78, 5) is 18.5. The van der Waals surface area contributed by atoms with Gasteiger partial charge in [-0.05, 0) is 17.7 Å². The van der Waals surface area contributed by atoms with Crippen LogP contribution in [0.25, 0.3) is 22.5 Å². The second-order valence-corrected chi connectivity index (χ2v) is 4.53. The van der Waals surface area contributed by atoms with Crippen LogP contribution in [0.2, 0.25) is 0 Å². The smallest absolute Gasteiger partial charge is 0.179 e. The Morgan fingerprint density at radius 2 is 1.85 bits per heavy atom. The molecule has 3 aromatic rings. The Hall–Kier alpha value is -2.59. The van der Waals surface area contributed by atoms with Crippen molar-refractivity contribution in [3.8, 4) is 22.5 Å². The highest BCUT2D eigenvalue weighted by molar-refractivity contribution is 6.08. The van der Waals surface area contributed by atoms with Crippen molar-refractivity contribution >= 4 is 5.78 Å². The molecule has 2 heterocycles. The van der Waals surface area contributed by atoms with Crippen molar-refractivity contribution in [2.24, 2.45) is 5.73 Å². The molecule has 100 valence electrons. The molecular formula is C16H15N3O. The summed E-state index contributed by atoms with van der Waals surface area (Å²) in [6.45, 7) is -0.00854. The Bertz CT molecular complexity index is 712. The molecule has 0 aliphatic rings. The molecule has 0 saturated carbocycles. The predicted molar refractivity (Wildman–Crippen MR) is 79.4 cm³/mol. The van der Waals surface area contributed by atoms with E-state index in [-0.39, 0.29) is 12.3 Å². The molecular weight excluding hydrogens is 250 g/mol. The third-order valence-electron chi connectivity index (χ3n) is 3.30. The largest absolute Gasteiger partial charge is 0.360 e. The molecule has 4 nitrogen and oxygen atoms in total. The van der Waals surface area contributed by atoms with Crippen molar-refractivity contribution in [1.29, 1.82) is 0 Å². The van der Waals surface area contributed by atoms with E-state index in [0.717, 1.165) is 22.5 Å². The fraction of sp³-hybridized carbons (Fsp3) is 0.0625. The van der Waals surface area contributed by atoms with E-state index >= 15 is 0 Å². The standard InChI is InChI=1S/C16H15N3O/c17-9-14(20)15-12(11-5-2-1-3-6-11)10-19-16(15)13-7-4-8-18-13/h1-8,10,18-19H,9,17H2. The average Bonchev–Trinajstić information content (AvgIpc) is 3.16. The summed E-state index contributed by atoms with van der Waals surface area (Å²) in [7, 11) is 0. The quantitative estimate of drug-likeness (QED) is 0.634. The van der Waals surface area contributed by atoms with E-state index < -0.39 is 0 Å². The molecule has 0 aliphatic carbocycles. The third-order valence-corrected chi connectivity index (χ3v) is 3.30. The van der Waals surface area contributed by atoms with Crippen LogP contribution in [-0.2, 0) is 0 Å². The molecule has 0 radical (unpaired) electrons. The number of carbonyl (C=O) groups is 1. The number of hydrogen-bond donors (Lipinski definition) is 3. The maximum Gasteiger partial charge on any atom is 0.179 e. The Kier molecular flexibility index (Phi) is 3.23. The Balaban J connectivity index is 2.19. The zero-order valence-corrected chi connectivity index (χ0v) is 10.9. The number of Topliss-reactive ketones (excluding diaryl/α,β-unsaturated/α-hetero) is 1. The fourth-order valence-corrected chi connectivity index (χ4v) is 2.36. The van der Waals surface area contributed by atoms with Crippen LogP contribution in [0, 0.1) is 0 Å². The maximum absolute atomic E-state index is 12.2. The first-order chi connectivity index (χ1) is 9.81. The number of nitrogens with one attached hydrogen (secondary N) is 2. The Morgan fingerprint density at radius 3 is 2.50 bits per heavy atom. The second kappa shape index (κ2) is 5.19. The van der Waals surface area contributed by atoms with Crippen LogP contribution in [0.1, 0.15) is 10.4 Å². The topological polar surface area (TPSA) is 74.7 Å². The molecule has 0 bridgehead atoms. The molecule has 4 N–H and O–H groups in total. The third kappa shape index (κ3) is 2.06. The van der Waals surface area contributed by atoms with Gasteiger partial charge in [-0.1, -0.05) is 30.3 Å². The van der Waals surface area contributed by atoms with Crippen LogP contribution in [-0.4, -0.2) is 22.3 Å². The summed E-state index contributed by atoms with van der Waals surface area (Å²) in [6, 6.07) is 13.6. The summed E-state index contributed by atoms with van der Waals surface area (Å²) >= 11 is 0. The molecule has 4 heteroatoms. The number of rotatable bonds is 4. The first-order valence-electron chi connectivity index (χ1n) is 6.45. The summed E-state index contributed by atoms with van der Waals surface area (Å²) in [5.41, 5.74) is 9.74. The van der Waals surface area contributed by atoms with Crippen molar-refractivity contribution in [1.82, 2.24) is 9.97 Å². The summed E-state index contributed by atoms with van der Waals surface area (Å²) in [6.07, 6.45) is 3.68.